The Hall–Kier alpha value is -2.88. The third-order valence-electron chi connectivity index (χ3n) is 4.59. The van der Waals surface area contributed by atoms with E-state index in [1.807, 2.05) is 37.2 Å². The molecule has 0 saturated heterocycles. The van der Waals surface area contributed by atoms with Gasteiger partial charge in [-0.2, -0.15) is 5.10 Å². The molecular formula is C23H22BrClN4O3S. The van der Waals surface area contributed by atoms with Gasteiger partial charge in [0.05, 0.1) is 22.5 Å². The van der Waals surface area contributed by atoms with Gasteiger partial charge >= 0.3 is 0 Å². The molecule has 0 aliphatic rings. The van der Waals surface area contributed by atoms with Crippen molar-refractivity contribution in [2.24, 2.45) is 5.10 Å². The number of amides is 1. The molecule has 0 radical (unpaired) electrons. The highest BCUT2D eigenvalue weighted by molar-refractivity contribution is 9.10. The van der Waals surface area contributed by atoms with Gasteiger partial charge in [-0.05, 0) is 70.0 Å². The Bertz CT molecular complexity index is 1250. The first-order valence-electron chi connectivity index (χ1n) is 9.80. The zero-order chi connectivity index (χ0) is 24.0. The average molecular weight is 550 g/mol. The van der Waals surface area contributed by atoms with Gasteiger partial charge < -0.3 is 4.90 Å². The van der Waals surface area contributed by atoms with E-state index in [4.69, 9.17) is 11.6 Å². The van der Waals surface area contributed by atoms with Crippen LogP contribution in [-0.2, 0) is 14.8 Å². The number of hydrogen-bond acceptors (Lipinski definition) is 5. The van der Waals surface area contributed by atoms with Crippen molar-refractivity contribution in [2.75, 3.05) is 29.8 Å². The fourth-order valence-corrected chi connectivity index (χ4v) is 5.25. The number of carbonyl (C=O) groups is 1. The second-order valence-electron chi connectivity index (χ2n) is 7.20. The zero-order valence-electron chi connectivity index (χ0n) is 17.9. The monoisotopic (exact) mass is 548 g/mol. The molecule has 0 spiro atoms. The van der Waals surface area contributed by atoms with Crippen LogP contribution < -0.4 is 14.6 Å². The maximum atomic E-state index is 13.3. The van der Waals surface area contributed by atoms with Crippen LogP contribution in [0.4, 0.5) is 11.4 Å². The van der Waals surface area contributed by atoms with Crippen molar-refractivity contribution in [2.45, 2.75) is 4.90 Å². The molecule has 172 valence electrons. The van der Waals surface area contributed by atoms with Gasteiger partial charge in [0.25, 0.3) is 15.9 Å². The smallest absolute Gasteiger partial charge is 0.264 e. The first-order valence-corrected chi connectivity index (χ1v) is 12.4. The molecule has 0 atom stereocenters. The van der Waals surface area contributed by atoms with Gasteiger partial charge in [0.1, 0.15) is 6.54 Å². The number of rotatable bonds is 8. The van der Waals surface area contributed by atoms with Crippen LogP contribution in [0.5, 0.6) is 0 Å². The van der Waals surface area contributed by atoms with Crippen LogP contribution in [0, 0.1) is 0 Å². The van der Waals surface area contributed by atoms with Gasteiger partial charge in [-0.1, -0.05) is 35.9 Å². The number of anilines is 2. The van der Waals surface area contributed by atoms with Crippen molar-refractivity contribution in [3.05, 3.63) is 87.9 Å². The Kier molecular flexibility index (Phi) is 8.12. The van der Waals surface area contributed by atoms with Crippen molar-refractivity contribution < 1.29 is 13.2 Å². The molecule has 7 nitrogen and oxygen atoms in total. The van der Waals surface area contributed by atoms with Crippen LogP contribution in [0.3, 0.4) is 0 Å². The van der Waals surface area contributed by atoms with E-state index in [1.165, 1.54) is 30.5 Å². The van der Waals surface area contributed by atoms with Gasteiger partial charge in [-0.25, -0.2) is 13.8 Å². The van der Waals surface area contributed by atoms with E-state index in [0.717, 1.165) is 20.0 Å². The van der Waals surface area contributed by atoms with Crippen LogP contribution in [0.1, 0.15) is 5.56 Å². The number of hydrazone groups is 1. The summed E-state index contributed by atoms with van der Waals surface area (Å²) in [5.74, 6) is -0.586. The Balaban J connectivity index is 1.78. The molecule has 0 fully saturated rings. The minimum Gasteiger partial charge on any atom is -0.377 e. The van der Waals surface area contributed by atoms with Gasteiger partial charge in [0.15, 0.2) is 0 Å². The number of sulfonamides is 1. The lowest BCUT2D eigenvalue weighted by Gasteiger charge is -2.23. The summed E-state index contributed by atoms with van der Waals surface area (Å²) in [5, 5.41) is 4.39. The van der Waals surface area contributed by atoms with Crippen LogP contribution in [0.15, 0.2) is 87.3 Å². The Morgan fingerprint density at radius 2 is 1.73 bits per heavy atom. The van der Waals surface area contributed by atoms with E-state index in [0.29, 0.717) is 10.7 Å². The van der Waals surface area contributed by atoms with E-state index in [-0.39, 0.29) is 4.90 Å². The van der Waals surface area contributed by atoms with Gasteiger partial charge in [0.2, 0.25) is 0 Å². The van der Waals surface area contributed by atoms with Crippen LogP contribution in [0.2, 0.25) is 5.02 Å². The zero-order valence-corrected chi connectivity index (χ0v) is 21.1. The molecule has 0 bridgehead atoms. The number of nitrogens with zero attached hydrogens (tertiary/aromatic N) is 3. The first-order chi connectivity index (χ1) is 15.7. The van der Waals surface area contributed by atoms with Crippen molar-refractivity contribution in [3.63, 3.8) is 0 Å². The number of benzene rings is 3. The highest BCUT2D eigenvalue weighted by Crippen LogP contribution is 2.26. The van der Waals surface area contributed by atoms with Crippen LogP contribution >= 0.6 is 27.5 Å². The van der Waals surface area contributed by atoms with Crippen LogP contribution in [0.25, 0.3) is 0 Å². The molecule has 10 heteroatoms. The molecule has 0 aliphatic heterocycles. The molecule has 0 heterocycles. The fraction of sp³-hybridized carbons (Fsp3) is 0.130. The summed E-state index contributed by atoms with van der Waals surface area (Å²) < 4.78 is 28.4. The summed E-state index contributed by atoms with van der Waals surface area (Å²) in [4.78, 5) is 14.6. The average Bonchev–Trinajstić information content (AvgIpc) is 2.78. The lowest BCUT2D eigenvalue weighted by atomic mass is 10.2. The Morgan fingerprint density at radius 3 is 2.33 bits per heavy atom. The maximum Gasteiger partial charge on any atom is 0.264 e. The second kappa shape index (κ2) is 10.8. The lowest BCUT2D eigenvalue weighted by Crippen LogP contribution is -2.39. The molecular weight excluding hydrogens is 528 g/mol. The predicted octanol–water partition coefficient (Wildman–Crippen LogP) is 4.51. The molecule has 3 aromatic rings. The number of nitrogens with one attached hydrogen (secondary N) is 1. The standard InChI is InChI=1S/C23H22BrClN4O3S/c1-28(2)22-13-8-17(14-21(22)24)15-26-27-23(30)16-29(19-6-4-3-5-7-19)33(31,32)20-11-9-18(25)10-12-20/h3-15H,16H2,1-2H3,(H,27,30)/b26-15-. The molecule has 0 saturated carbocycles. The minimum absolute atomic E-state index is 0.0258. The van der Waals surface area contributed by atoms with E-state index in [9.17, 15) is 13.2 Å². The molecule has 3 aromatic carbocycles. The van der Waals surface area contributed by atoms with Crippen molar-refractivity contribution in [3.8, 4) is 0 Å². The van der Waals surface area contributed by atoms with Crippen molar-refractivity contribution >= 4 is 61.1 Å². The summed E-state index contributed by atoms with van der Waals surface area (Å²) >= 11 is 9.39. The Morgan fingerprint density at radius 1 is 1.06 bits per heavy atom. The highest BCUT2D eigenvalue weighted by atomic mass is 79.9. The normalized spacial score (nSPS) is 11.4. The molecule has 0 unspecified atom stereocenters. The van der Waals surface area contributed by atoms with Gasteiger partial charge in [0, 0.05) is 23.6 Å². The summed E-state index contributed by atoms with van der Waals surface area (Å²) in [6.45, 7) is -0.449. The topological polar surface area (TPSA) is 82.1 Å². The van der Waals surface area contributed by atoms with E-state index in [1.54, 1.807) is 30.3 Å². The van der Waals surface area contributed by atoms with E-state index < -0.39 is 22.5 Å². The van der Waals surface area contributed by atoms with Crippen molar-refractivity contribution in [1.82, 2.24) is 5.43 Å². The highest BCUT2D eigenvalue weighted by Gasteiger charge is 2.27. The summed E-state index contributed by atoms with van der Waals surface area (Å²) in [6.07, 6.45) is 1.49. The predicted molar refractivity (Wildman–Crippen MR) is 137 cm³/mol. The summed E-state index contributed by atoms with van der Waals surface area (Å²) in [5.41, 5.74) is 4.52. The quantitative estimate of drug-likeness (QED) is 0.331. The molecule has 0 aliphatic carbocycles. The SMILES string of the molecule is CN(C)c1ccc(/C=N\NC(=O)CN(c2ccccc2)S(=O)(=O)c2ccc(Cl)cc2)cc1Br. The summed E-state index contributed by atoms with van der Waals surface area (Å²) in [7, 11) is -0.140. The molecule has 3 rings (SSSR count). The van der Waals surface area contributed by atoms with Crippen LogP contribution in [-0.4, -0.2) is 41.2 Å². The number of hydrogen-bond donors (Lipinski definition) is 1. The Labute approximate surface area is 206 Å². The first kappa shape index (κ1) is 24.8. The number of para-hydroxylation sites is 1. The second-order valence-corrected chi connectivity index (χ2v) is 10.4. The number of halogens is 2. The van der Waals surface area contributed by atoms with E-state index in [2.05, 4.69) is 26.5 Å². The lowest BCUT2D eigenvalue weighted by molar-refractivity contribution is -0.119. The maximum absolute atomic E-state index is 13.3. The fourth-order valence-electron chi connectivity index (χ4n) is 2.95. The van der Waals surface area contributed by atoms with Crippen molar-refractivity contribution in [1.29, 1.82) is 0 Å². The molecule has 1 N–H and O–H groups in total. The molecule has 1 amide bonds. The van der Waals surface area contributed by atoms with E-state index >= 15 is 0 Å². The largest absolute Gasteiger partial charge is 0.377 e. The minimum atomic E-state index is -4.01. The third kappa shape index (κ3) is 6.34. The number of carbonyl (C=O) groups excluding carboxylic acids is 1. The summed E-state index contributed by atoms with van der Waals surface area (Å²) in [6, 6.07) is 19.8. The molecule has 0 aromatic heterocycles. The van der Waals surface area contributed by atoms with Gasteiger partial charge in [-0.15, -0.1) is 0 Å². The molecule has 33 heavy (non-hydrogen) atoms. The third-order valence-corrected chi connectivity index (χ3v) is 7.26. The van der Waals surface area contributed by atoms with Gasteiger partial charge in [-0.3, -0.25) is 9.10 Å².